The summed E-state index contributed by atoms with van der Waals surface area (Å²) < 4.78 is 2.32. The Morgan fingerprint density at radius 2 is 2.14 bits per heavy atom. The Labute approximate surface area is 59.1 Å². The predicted octanol–water partition coefficient (Wildman–Crippen LogP) is -5.82. The van der Waals surface area contributed by atoms with Crippen molar-refractivity contribution in [1.82, 2.24) is 0 Å². The van der Waals surface area contributed by atoms with Crippen LogP contribution in [-0.2, 0) is 0 Å². The summed E-state index contributed by atoms with van der Waals surface area (Å²) in [4.78, 5) is 0. The Morgan fingerprint density at radius 3 is 2.29 bits per heavy atom. The second kappa shape index (κ2) is 9.89. The molecule has 4 N–H and O–H groups in total. The van der Waals surface area contributed by atoms with Gasteiger partial charge in [-0.3, -0.25) is 0 Å². The van der Waals surface area contributed by atoms with Crippen molar-refractivity contribution in [2.45, 2.75) is 6.42 Å². The number of hydrogen-bond acceptors (Lipinski definition) is 1. The Balaban J connectivity index is 0. The maximum Gasteiger partial charge on any atom is -1.00 e. The molecule has 0 aliphatic carbocycles. The van der Waals surface area contributed by atoms with Crippen LogP contribution in [0.3, 0.4) is 0 Å². The van der Waals surface area contributed by atoms with Crippen LogP contribution in [0.2, 0.25) is 0 Å². The van der Waals surface area contributed by atoms with E-state index < -0.39 is 0 Å². The molecule has 0 saturated heterocycles. The predicted molar refractivity (Wildman–Crippen MR) is 30.4 cm³/mol. The van der Waals surface area contributed by atoms with Crippen LogP contribution < -0.4 is 22.4 Å². The van der Waals surface area contributed by atoms with E-state index in [2.05, 4.69) is 4.27 Å². The van der Waals surface area contributed by atoms with Crippen LogP contribution in [0.25, 0.3) is 0 Å². The van der Waals surface area contributed by atoms with Crippen molar-refractivity contribution in [3.63, 3.8) is 0 Å². The molecule has 7 heavy (non-hydrogen) atoms. The number of hydrogen-bond donors (Lipinski definition) is 2. The Hall–Kier alpha value is 0.753. The molecule has 0 radical (unpaired) electrons. The maximum atomic E-state index is 5.22. The molecular weight excluding hydrogens is 172 g/mol. The third-order valence-corrected chi connectivity index (χ3v) is 1.91. The second-order valence-electron chi connectivity index (χ2n) is 1.34. The monoisotopic (exact) mass is 186 g/mol. The quantitative estimate of drug-likeness (QED) is 0.334. The van der Waals surface area contributed by atoms with Crippen LogP contribution in [0.5, 0.6) is 0 Å². The van der Waals surface area contributed by atoms with Gasteiger partial charge in [-0.05, 0) is 0 Å². The fourth-order valence-corrected chi connectivity index (χ4v) is 1.18. The van der Waals surface area contributed by atoms with Gasteiger partial charge in [-0.2, -0.15) is 0 Å². The van der Waals surface area contributed by atoms with Crippen LogP contribution in [0.15, 0.2) is 0 Å². The first-order valence-electron chi connectivity index (χ1n) is 2.39. The van der Waals surface area contributed by atoms with Crippen molar-refractivity contribution in [1.29, 1.82) is 0 Å². The summed E-state index contributed by atoms with van der Waals surface area (Å²) in [6, 6.07) is 0. The van der Waals surface area contributed by atoms with Gasteiger partial charge in [0.15, 0.2) is 0 Å². The first-order valence-corrected chi connectivity index (χ1v) is 4.82. The van der Waals surface area contributed by atoms with E-state index in [1.807, 2.05) is 0 Å². The molecule has 0 aromatic rings. The third-order valence-electron chi connectivity index (χ3n) is 0.697. The smallest absolute Gasteiger partial charge is 1.00 e. The molecule has 0 heterocycles. The van der Waals surface area contributed by atoms with Gasteiger partial charge in [0.1, 0.15) is 0 Å². The number of quaternary nitrogens is 1. The Bertz CT molecular complexity index is 24.9. The molecule has 46 valence electrons. The van der Waals surface area contributed by atoms with Gasteiger partial charge in [-0.1, -0.05) is 0 Å². The summed E-state index contributed by atoms with van der Waals surface area (Å²) in [5.74, 6) is 0. The van der Waals surface area contributed by atoms with Crippen molar-refractivity contribution in [2.24, 2.45) is 5.73 Å². The molecule has 0 spiro atoms. The molecule has 0 aliphatic heterocycles. The summed E-state index contributed by atoms with van der Waals surface area (Å²) in [6.07, 6.45) is 1.18. The number of nitrogens with two attached hydrogens (primary N) is 2. The SMILES string of the molecule is NCCC[NH2+][GeH3].[Cl-]. The molecule has 0 aliphatic rings. The summed E-state index contributed by atoms with van der Waals surface area (Å²) in [6.45, 7) is 2.10. The maximum absolute atomic E-state index is 5.22. The van der Waals surface area contributed by atoms with E-state index in [1.54, 1.807) is 0 Å². The molecule has 0 rings (SSSR count). The summed E-state index contributed by atoms with van der Waals surface area (Å²) >= 11 is 0.933. The average Bonchev–Trinajstić information content (AvgIpc) is 1.61. The van der Waals surface area contributed by atoms with Gasteiger partial charge in [-0.25, -0.2) is 0 Å². The van der Waals surface area contributed by atoms with Gasteiger partial charge in [0, 0.05) is 0 Å². The molecule has 0 fully saturated rings. The first kappa shape index (κ1) is 10.7. The fourth-order valence-electron chi connectivity index (χ4n) is 0.322. The standard InChI is InChI=1S/C3H12GeN2.ClH/c4-6-3-1-2-5;/h6H,1-3,5H2,4H3;1H. The van der Waals surface area contributed by atoms with Gasteiger partial charge < -0.3 is 12.4 Å². The molecule has 4 heteroatoms. The average molecular weight is 185 g/mol. The minimum Gasteiger partial charge on any atom is -1.00 e. The van der Waals surface area contributed by atoms with Crippen molar-refractivity contribution in [2.75, 3.05) is 13.1 Å². The molecule has 0 saturated carbocycles. The number of halogens is 1. The summed E-state index contributed by atoms with van der Waals surface area (Å²) in [7, 11) is 0. The van der Waals surface area contributed by atoms with Crippen molar-refractivity contribution in [3.05, 3.63) is 0 Å². The molecule has 0 aromatic heterocycles. The van der Waals surface area contributed by atoms with Gasteiger partial charge in [0.05, 0.1) is 0 Å². The van der Waals surface area contributed by atoms with E-state index in [0.717, 1.165) is 23.3 Å². The minimum atomic E-state index is 0. The molecule has 0 aromatic carbocycles. The zero-order chi connectivity index (χ0) is 4.83. The molecule has 0 amide bonds. The zero-order valence-corrected chi connectivity index (χ0v) is 9.61. The van der Waals surface area contributed by atoms with E-state index in [-0.39, 0.29) is 12.4 Å². The van der Waals surface area contributed by atoms with Gasteiger partial charge in [0.2, 0.25) is 0 Å². The minimum absolute atomic E-state index is 0. The normalized spacial score (nSPS) is 8.14. The molecule has 0 unspecified atom stereocenters. The third kappa shape index (κ3) is 10.8. The van der Waals surface area contributed by atoms with Crippen LogP contribution >= 0.6 is 0 Å². The second-order valence-corrected chi connectivity index (χ2v) is 3.05. The van der Waals surface area contributed by atoms with Crippen LogP contribution in [-0.4, -0.2) is 29.8 Å². The molecule has 2 nitrogen and oxygen atoms in total. The van der Waals surface area contributed by atoms with Crippen LogP contribution in [0, 0.1) is 0 Å². The van der Waals surface area contributed by atoms with E-state index >= 15 is 0 Å². The topological polar surface area (TPSA) is 42.6 Å². The summed E-state index contributed by atoms with van der Waals surface area (Å²) in [5, 5.41) is 0. The van der Waals surface area contributed by atoms with Crippen molar-refractivity contribution >= 4 is 16.7 Å². The van der Waals surface area contributed by atoms with Crippen molar-refractivity contribution in [3.8, 4) is 0 Å². The number of rotatable bonds is 3. The Morgan fingerprint density at radius 1 is 1.57 bits per heavy atom. The van der Waals surface area contributed by atoms with Gasteiger partial charge in [-0.15, -0.1) is 0 Å². The first-order chi connectivity index (χ1) is 2.91. The fraction of sp³-hybridized carbons (Fsp3) is 1.00. The van der Waals surface area contributed by atoms with Gasteiger partial charge in [0.25, 0.3) is 0 Å². The van der Waals surface area contributed by atoms with E-state index in [0.29, 0.717) is 0 Å². The Kier molecular flexibility index (Phi) is 15.1. The van der Waals surface area contributed by atoms with Gasteiger partial charge >= 0.3 is 46.3 Å². The van der Waals surface area contributed by atoms with Crippen molar-refractivity contribution < 1.29 is 16.7 Å². The zero-order valence-electron chi connectivity index (χ0n) is 4.65. The van der Waals surface area contributed by atoms with E-state index in [4.69, 9.17) is 5.73 Å². The van der Waals surface area contributed by atoms with Crippen LogP contribution in [0.4, 0.5) is 0 Å². The van der Waals surface area contributed by atoms with Crippen LogP contribution in [0.1, 0.15) is 6.42 Å². The molecular formula is C3H13ClGeN2. The van der Waals surface area contributed by atoms with E-state index in [9.17, 15) is 0 Å². The molecule has 0 atom stereocenters. The van der Waals surface area contributed by atoms with E-state index in [1.165, 1.54) is 13.0 Å². The largest absolute Gasteiger partial charge is 1.00 e. The summed E-state index contributed by atoms with van der Waals surface area (Å²) in [5.41, 5.74) is 5.22. The molecule has 0 bridgehead atoms.